The summed E-state index contributed by atoms with van der Waals surface area (Å²) in [6.07, 6.45) is 1.62. The van der Waals surface area contributed by atoms with Gasteiger partial charge in [-0.15, -0.1) is 11.3 Å². The van der Waals surface area contributed by atoms with E-state index in [1.807, 2.05) is 38.1 Å². The molecule has 0 atom stereocenters. The number of hydrogen-bond donors (Lipinski definition) is 1. The van der Waals surface area contributed by atoms with Crippen molar-refractivity contribution in [2.75, 3.05) is 6.61 Å². The number of nitrogens with zero attached hydrogens (tertiary/aromatic N) is 1. The highest BCUT2D eigenvalue weighted by Crippen LogP contribution is 2.24. The fourth-order valence-electron chi connectivity index (χ4n) is 2.12. The number of fused-ring (bicyclic) bond motifs is 1. The summed E-state index contributed by atoms with van der Waals surface area (Å²) in [4.78, 5) is 14.2. The van der Waals surface area contributed by atoms with Gasteiger partial charge >= 0.3 is 5.91 Å². The zero-order valence-electron chi connectivity index (χ0n) is 12.8. The fraction of sp³-hybridized carbons (Fsp3) is 0.176. The standard InChI is InChI=1S/C17H16N2O3S/c1-3-21-13-5-7-15-12(8-13)9-16(22-15)17(20)19-18-10-14-6-4-11(2)23-14/h4-10H,3H2,1-2H3,(H,19,20)/b18-10+. The number of ether oxygens (including phenoxy) is 1. The van der Waals surface area contributed by atoms with Crippen LogP contribution in [0.25, 0.3) is 11.0 Å². The number of benzene rings is 1. The monoisotopic (exact) mass is 328 g/mol. The van der Waals surface area contributed by atoms with Crippen LogP contribution in [0, 0.1) is 6.92 Å². The Kier molecular flexibility index (Phi) is 4.43. The minimum absolute atomic E-state index is 0.216. The number of furan rings is 1. The molecule has 2 aromatic heterocycles. The molecular weight excluding hydrogens is 312 g/mol. The van der Waals surface area contributed by atoms with Gasteiger partial charge in [-0.1, -0.05) is 0 Å². The van der Waals surface area contributed by atoms with E-state index >= 15 is 0 Å². The molecule has 0 saturated heterocycles. The summed E-state index contributed by atoms with van der Waals surface area (Å²) in [6, 6.07) is 11.1. The number of carbonyl (C=O) groups excluding carboxylic acids is 1. The number of carbonyl (C=O) groups is 1. The van der Waals surface area contributed by atoms with Crippen molar-refractivity contribution >= 4 is 34.4 Å². The van der Waals surface area contributed by atoms with Gasteiger partial charge in [0.05, 0.1) is 12.8 Å². The van der Waals surface area contributed by atoms with Gasteiger partial charge in [0.1, 0.15) is 11.3 Å². The molecule has 6 heteroatoms. The lowest BCUT2D eigenvalue weighted by molar-refractivity contribution is 0.0929. The normalized spacial score (nSPS) is 11.2. The van der Waals surface area contributed by atoms with Crippen molar-refractivity contribution in [3.05, 3.63) is 51.9 Å². The lowest BCUT2D eigenvalue weighted by Gasteiger charge is -2.00. The van der Waals surface area contributed by atoms with Crippen LogP contribution in [0.15, 0.2) is 45.9 Å². The molecule has 23 heavy (non-hydrogen) atoms. The van der Waals surface area contributed by atoms with Crippen LogP contribution in [-0.4, -0.2) is 18.7 Å². The highest BCUT2D eigenvalue weighted by molar-refractivity contribution is 7.13. The van der Waals surface area contributed by atoms with Crippen LogP contribution in [0.5, 0.6) is 5.75 Å². The summed E-state index contributed by atoms with van der Waals surface area (Å²) in [5, 5.41) is 4.77. The Bertz CT molecular complexity index is 864. The van der Waals surface area contributed by atoms with Gasteiger partial charge in [0.25, 0.3) is 0 Å². The number of hydrazone groups is 1. The van der Waals surface area contributed by atoms with Crippen LogP contribution in [0.2, 0.25) is 0 Å². The van der Waals surface area contributed by atoms with Gasteiger partial charge in [-0.2, -0.15) is 5.10 Å². The van der Waals surface area contributed by atoms with Gasteiger partial charge < -0.3 is 9.15 Å². The predicted octanol–water partition coefficient (Wildman–Crippen LogP) is 3.97. The average Bonchev–Trinajstić information content (AvgIpc) is 3.13. The van der Waals surface area contributed by atoms with E-state index in [0.29, 0.717) is 12.2 Å². The first-order valence-electron chi connectivity index (χ1n) is 7.22. The Labute approximate surface area is 137 Å². The van der Waals surface area contributed by atoms with Gasteiger partial charge in [-0.25, -0.2) is 5.43 Å². The van der Waals surface area contributed by atoms with Crippen molar-refractivity contribution in [1.29, 1.82) is 0 Å². The molecule has 0 aliphatic heterocycles. The summed E-state index contributed by atoms with van der Waals surface area (Å²) in [5.41, 5.74) is 3.11. The molecule has 0 radical (unpaired) electrons. The summed E-state index contributed by atoms with van der Waals surface area (Å²) in [7, 11) is 0. The topological polar surface area (TPSA) is 63.8 Å². The number of rotatable bonds is 5. The van der Waals surface area contributed by atoms with Gasteiger partial charge in [0.2, 0.25) is 0 Å². The second-order valence-corrected chi connectivity index (χ2v) is 6.21. The predicted molar refractivity (Wildman–Crippen MR) is 91.5 cm³/mol. The van der Waals surface area contributed by atoms with Crippen LogP contribution in [0.1, 0.15) is 27.2 Å². The lowest BCUT2D eigenvalue weighted by Crippen LogP contribution is -2.16. The Balaban J connectivity index is 1.71. The maximum absolute atomic E-state index is 12.1. The quantitative estimate of drug-likeness (QED) is 0.569. The number of hydrogen-bond acceptors (Lipinski definition) is 5. The first-order valence-corrected chi connectivity index (χ1v) is 8.03. The molecular formula is C17H16N2O3S. The van der Waals surface area contributed by atoms with Gasteiger partial charge in [0, 0.05) is 15.1 Å². The highest BCUT2D eigenvalue weighted by Gasteiger charge is 2.12. The minimum atomic E-state index is -0.385. The number of nitrogens with one attached hydrogen (secondary N) is 1. The van der Waals surface area contributed by atoms with E-state index in [0.717, 1.165) is 16.0 Å². The number of thiophene rings is 1. The molecule has 0 aliphatic carbocycles. The van der Waals surface area contributed by atoms with Crippen LogP contribution in [-0.2, 0) is 0 Å². The molecule has 1 aromatic carbocycles. The second kappa shape index (κ2) is 6.66. The first kappa shape index (κ1) is 15.3. The van der Waals surface area contributed by atoms with Crippen molar-refractivity contribution in [2.45, 2.75) is 13.8 Å². The highest BCUT2D eigenvalue weighted by atomic mass is 32.1. The summed E-state index contributed by atoms with van der Waals surface area (Å²) in [5.74, 6) is 0.579. The Morgan fingerprint density at radius 2 is 2.22 bits per heavy atom. The van der Waals surface area contributed by atoms with Crippen LogP contribution >= 0.6 is 11.3 Å². The maximum Gasteiger partial charge on any atom is 0.307 e. The lowest BCUT2D eigenvalue weighted by atomic mass is 10.2. The Hall–Kier alpha value is -2.60. The molecule has 3 aromatic rings. The molecule has 1 N–H and O–H groups in total. The largest absolute Gasteiger partial charge is 0.494 e. The van der Waals surface area contributed by atoms with E-state index in [2.05, 4.69) is 10.5 Å². The van der Waals surface area contributed by atoms with Gasteiger partial charge in [0.15, 0.2) is 5.76 Å². The zero-order chi connectivity index (χ0) is 16.2. The van der Waals surface area contributed by atoms with E-state index in [1.165, 1.54) is 4.88 Å². The molecule has 2 heterocycles. The number of amides is 1. The summed E-state index contributed by atoms with van der Waals surface area (Å²) >= 11 is 1.61. The van der Waals surface area contributed by atoms with E-state index in [9.17, 15) is 4.79 Å². The van der Waals surface area contributed by atoms with E-state index in [4.69, 9.17) is 9.15 Å². The fourth-order valence-corrected chi connectivity index (χ4v) is 2.87. The molecule has 0 bridgehead atoms. The third kappa shape index (κ3) is 3.60. The third-order valence-corrected chi connectivity index (χ3v) is 4.08. The summed E-state index contributed by atoms with van der Waals surface area (Å²) < 4.78 is 11.0. The van der Waals surface area contributed by atoms with Gasteiger partial charge in [-0.3, -0.25) is 4.79 Å². The molecule has 118 valence electrons. The smallest absolute Gasteiger partial charge is 0.307 e. The van der Waals surface area contributed by atoms with Crippen molar-refractivity contribution in [1.82, 2.24) is 5.43 Å². The molecule has 0 saturated carbocycles. The molecule has 1 amide bonds. The van der Waals surface area contributed by atoms with Gasteiger partial charge in [-0.05, 0) is 50.2 Å². The molecule has 3 rings (SSSR count). The second-order valence-electron chi connectivity index (χ2n) is 4.89. The summed E-state index contributed by atoms with van der Waals surface area (Å²) in [6.45, 7) is 4.53. The molecule has 5 nitrogen and oxygen atoms in total. The zero-order valence-corrected chi connectivity index (χ0v) is 13.6. The van der Waals surface area contributed by atoms with Crippen molar-refractivity contribution in [2.24, 2.45) is 5.10 Å². The molecule has 0 spiro atoms. The van der Waals surface area contributed by atoms with Crippen molar-refractivity contribution in [3.63, 3.8) is 0 Å². The SMILES string of the molecule is CCOc1ccc2oc(C(=O)N/N=C/c3ccc(C)s3)cc2c1. The van der Waals surface area contributed by atoms with E-state index < -0.39 is 0 Å². The van der Waals surface area contributed by atoms with E-state index in [1.54, 1.807) is 29.7 Å². The molecule has 0 aliphatic rings. The van der Waals surface area contributed by atoms with Crippen LogP contribution in [0.4, 0.5) is 0 Å². The Morgan fingerprint density at radius 1 is 1.35 bits per heavy atom. The average molecular weight is 328 g/mol. The maximum atomic E-state index is 12.1. The van der Waals surface area contributed by atoms with Crippen molar-refractivity contribution in [3.8, 4) is 5.75 Å². The molecule has 0 unspecified atom stereocenters. The third-order valence-electron chi connectivity index (χ3n) is 3.14. The molecule has 0 fully saturated rings. The Morgan fingerprint density at radius 3 is 2.96 bits per heavy atom. The van der Waals surface area contributed by atoms with Crippen LogP contribution in [0.3, 0.4) is 0 Å². The minimum Gasteiger partial charge on any atom is -0.494 e. The van der Waals surface area contributed by atoms with E-state index in [-0.39, 0.29) is 11.7 Å². The first-order chi connectivity index (χ1) is 11.2. The van der Waals surface area contributed by atoms with Crippen molar-refractivity contribution < 1.29 is 13.9 Å². The number of aryl methyl sites for hydroxylation is 1. The van der Waals surface area contributed by atoms with Crippen LogP contribution < -0.4 is 10.2 Å².